The largest absolute Gasteiger partial charge is 0.485 e. The van der Waals surface area contributed by atoms with Crippen LogP contribution in [0.25, 0.3) is 0 Å². The van der Waals surface area contributed by atoms with E-state index in [1.165, 1.54) is 0 Å². The van der Waals surface area contributed by atoms with Crippen LogP contribution in [0.2, 0.25) is 0 Å². The monoisotopic (exact) mass is 269 g/mol. The van der Waals surface area contributed by atoms with E-state index in [0.29, 0.717) is 0 Å². The number of hydrogen-bond acceptors (Lipinski definition) is 6. The normalized spacial score (nSPS) is 21.2. The Bertz CT molecular complexity index is 329. The van der Waals surface area contributed by atoms with Crippen molar-refractivity contribution in [3.63, 3.8) is 0 Å². The van der Waals surface area contributed by atoms with E-state index in [2.05, 4.69) is 13.1 Å². The van der Waals surface area contributed by atoms with E-state index in [1.54, 1.807) is 0 Å². The molecule has 2 atom stereocenters. The molecule has 13 heteroatoms. The maximum atomic E-state index is 11.1. The molecule has 0 saturated heterocycles. The first-order valence-corrected chi connectivity index (χ1v) is 6.59. The SMILES string of the molecule is [BH3-]P(=O)(OC)OP(=O)(O)OP(=O)(O)O. The van der Waals surface area contributed by atoms with E-state index in [1.807, 2.05) is 0 Å². The van der Waals surface area contributed by atoms with E-state index < -0.39 is 30.7 Å². The summed E-state index contributed by atoms with van der Waals surface area (Å²) in [6.07, 6.45) is 0. The van der Waals surface area contributed by atoms with Gasteiger partial charge in [-0.05, 0) is 0 Å². The van der Waals surface area contributed by atoms with E-state index in [0.717, 1.165) is 7.11 Å². The predicted molar refractivity (Wildman–Crippen MR) is 48.6 cm³/mol. The highest BCUT2D eigenvalue weighted by Crippen LogP contribution is 2.65. The Balaban J connectivity index is 4.60. The first-order valence-electron chi connectivity index (χ1n) is 2.47. The van der Waals surface area contributed by atoms with E-state index in [4.69, 9.17) is 14.7 Å². The van der Waals surface area contributed by atoms with Crippen LogP contribution in [0.1, 0.15) is 0 Å². The third-order valence-electron chi connectivity index (χ3n) is 0.528. The molecule has 0 aliphatic rings. The molecule has 0 saturated carbocycles. The van der Waals surface area contributed by atoms with Crippen molar-refractivity contribution in [1.29, 1.82) is 0 Å². The van der Waals surface area contributed by atoms with Gasteiger partial charge in [-0.2, -0.15) is 4.31 Å². The lowest BCUT2D eigenvalue weighted by Gasteiger charge is -2.19. The quantitative estimate of drug-likeness (QED) is 0.437. The summed E-state index contributed by atoms with van der Waals surface area (Å²) in [6.45, 7) is 0. The molecule has 0 heterocycles. The van der Waals surface area contributed by atoms with Crippen molar-refractivity contribution in [2.24, 2.45) is 0 Å². The fourth-order valence-corrected chi connectivity index (χ4v) is 2.67. The van der Waals surface area contributed by atoms with Gasteiger partial charge in [0.25, 0.3) is 0 Å². The summed E-state index contributed by atoms with van der Waals surface area (Å²) in [5.41, 5.74) is 0. The molecule has 0 aliphatic heterocycles. The topological polar surface area (TPSA) is 140 Å². The summed E-state index contributed by atoms with van der Waals surface area (Å²) < 4.78 is 43.7. The van der Waals surface area contributed by atoms with Crippen molar-refractivity contribution >= 4 is 30.7 Å². The van der Waals surface area contributed by atoms with Crippen molar-refractivity contribution in [2.75, 3.05) is 7.11 Å². The first-order chi connectivity index (χ1) is 5.97. The third-order valence-corrected chi connectivity index (χ3v) is 3.86. The molecule has 0 amide bonds. The molecule has 0 aromatic rings. The average Bonchev–Trinajstić information content (AvgIpc) is 1.78. The second kappa shape index (κ2) is 4.57. The maximum Gasteiger partial charge on any atom is 0.485 e. The first kappa shape index (κ1) is 14.5. The van der Waals surface area contributed by atoms with Crippen molar-refractivity contribution in [3.8, 4) is 0 Å². The van der Waals surface area contributed by atoms with Gasteiger partial charge in [-0.25, -0.2) is 13.4 Å². The predicted octanol–water partition coefficient (Wildman–Crippen LogP) is -0.667. The zero-order chi connectivity index (χ0) is 11.6. The molecule has 0 aromatic carbocycles. The standard InChI is InChI=1S/CH9BO9P3/c1-9-12(2,3)10-14(7,8)11-13(4,5)6/h1-2H3,(H,7,8)(H2,4,5,6)/q-1. The van der Waals surface area contributed by atoms with Gasteiger partial charge >= 0.3 is 15.6 Å². The molecule has 0 spiro atoms. The van der Waals surface area contributed by atoms with Crippen LogP contribution in [0.5, 0.6) is 0 Å². The van der Waals surface area contributed by atoms with Gasteiger partial charge in [0.15, 0.2) is 7.47 Å². The minimum Gasteiger partial charge on any atom is -0.341 e. The van der Waals surface area contributed by atoms with Crippen molar-refractivity contribution in [3.05, 3.63) is 0 Å². The lowest BCUT2D eigenvalue weighted by atomic mass is 10.8. The highest BCUT2D eigenvalue weighted by Gasteiger charge is 2.35. The summed E-state index contributed by atoms with van der Waals surface area (Å²) in [5, 5.41) is 0. The molecule has 0 fully saturated rings. The number of rotatable bonds is 5. The van der Waals surface area contributed by atoms with Gasteiger partial charge in [-0.1, -0.05) is 0 Å². The van der Waals surface area contributed by atoms with Crippen LogP contribution in [0.4, 0.5) is 0 Å². The number of phosphoric acid groups is 2. The molecule has 3 N–H and O–H groups in total. The Kier molecular flexibility index (Phi) is 4.74. The van der Waals surface area contributed by atoms with Gasteiger partial charge in [-0.15, -0.1) is 0 Å². The van der Waals surface area contributed by atoms with Crippen LogP contribution in [0.15, 0.2) is 0 Å². The molecule has 14 heavy (non-hydrogen) atoms. The Morgan fingerprint density at radius 1 is 1.07 bits per heavy atom. The lowest BCUT2D eigenvalue weighted by Crippen LogP contribution is -1.94. The van der Waals surface area contributed by atoms with Crippen molar-refractivity contribution in [1.82, 2.24) is 0 Å². The van der Waals surface area contributed by atoms with Gasteiger partial charge in [0.2, 0.25) is 0 Å². The van der Waals surface area contributed by atoms with Crippen LogP contribution >= 0.6 is 23.1 Å². The molecule has 0 rings (SSSR count). The van der Waals surface area contributed by atoms with Gasteiger partial charge in [0.05, 0.1) is 7.57 Å². The van der Waals surface area contributed by atoms with Crippen LogP contribution in [-0.4, -0.2) is 29.4 Å². The minimum absolute atomic E-state index is 0.991. The highest BCUT2D eigenvalue weighted by atomic mass is 31.3. The average molecular weight is 269 g/mol. The van der Waals surface area contributed by atoms with Crippen molar-refractivity contribution < 1.29 is 41.5 Å². The molecular weight excluding hydrogens is 260 g/mol. The van der Waals surface area contributed by atoms with Gasteiger partial charge in [0.1, 0.15) is 0 Å². The molecule has 0 bridgehead atoms. The van der Waals surface area contributed by atoms with Gasteiger partial charge < -0.3 is 23.8 Å². The molecule has 86 valence electrons. The Morgan fingerprint density at radius 3 is 1.79 bits per heavy atom. The van der Waals surface area contributed by atoms with E-state index >= 15 is 0 Å². The zero-order valence-corrected chi connectivity index (χ0v) is 8.82. The molecule has 2 unspecified atom stereocenters. The molecule has 0 aliphatic carbocycles. The second-order valence-corrected chi connectivity index (χ2v) is 5.57. The van der Waals surface area contributed by atoms with Gasteiger partial charge in [0, 0.05) is 7.11 Å². The fraction of sp³-hybridized carbons (Fsp3) is 1.00. The highest BCUT2D eigenvalue weighted by molar-refractivity contribution is 7.84. The molecule has 0 aromatic heterocycles. The minimum atomic E-state index is -5.17. The molecule has 0 radical (unpaired) electrons. The summed E-state index contributed by atoms with van der Waals surface area (Å²) in [7, 11) is -13.9. The fourth-order valence-electron chi connectivity index (χ4n) is 0.267. The van der Waals surface area contributed by atoms with Crippen LogP contribution < -0.4 is 0 Å². The summed E-state index contributed by atoms with van der Waals surface area (Å²) >= 11 is 0. The summed E-state index contributed by atoms with van der Waals surface area (Å²) in [4.78, 5) is 25.1. The Hall–Kier alpha value is 0.515. The summed E-state index contributed by atoms with van der Waals surface area (Å²) in [6, 6.07) is 0. The van der Waals surface area contributed by atoms with Crippen molar-refractivity contribution in [2.45, 2.75) is 0 Å². The van der Waals surface area contributed by atoms with Crippen LogP contribution in [0.3, 0.4) is 0 Å². The van der Waals surface area contributed by atoms with Gasteiger partial charge in [-0.3, -0.25) is 0 Å². The lowest BCUT2D eigenvalue weighted by molar-refractivity contribution is 0.221. The summed E-state index contributed by atoms with van der Waals surface area (Å²) in [5.74, 6) is 0. The number of hydrogen-bond donors (Lipinski definition) is 3. The third kappa shape index (κ3) is 6.89. The second-order valence-electron chi connectivity index (χ2n) is 1.53. The van der Waals surface area contributed by atoms with E-state index in [9.17, 15) is 13.7 Å². The van der Waals surface area contributed by atoms with Crippen LogP contribution in [0, 0.1) is 0 Å². The van der Waals surface area contributed by atoms with E-state index in [-0.39, 0.29) is 0 Å². The maximum absolute atomic E-state index is 11.1. The van der Waals surface area contributed by atoms with Crippen LogP contribution in [-0.2, 0) is 26.8 Å². The smallest absolute Gasteiger partial charge is 0.341 e. The molecule has 9 nitrogen and oxygen atoms in total. The Labute approximate surface area is 80.1 Å². The molecular formula is CH9BO9P3-. The Morgan fingerprint density at radius 2 is 1.50 bits per heavy atom. The zero-order valence-electron chi connectivity index (χ0n) is 6.13.